The predicted molar refractivity (Wildman–Crippen MR) is 61.1 cm³/mol. The summed E-state index contributed by atoms with van der Waals surface area (Å²) in [5.74, 6) is 1.07. The Bertz CT molecular complexity index is 195. The zero-order chi connectivity index (χ0) is 8.10. The number of nitrogens with zero attached hydrogens (tertiary/aromatic N) is 2. The first kappa shape index (κ1) is 10.1. The molecular formula is C5H7IN2S3. The molecule has 11 heavy (non-hydrogen) atoms. The van der Waals surface area contributed by atoms with Gasteiger partial charge in [0.15, 0.2) is 8.68 Å². The van der Waals surface area contributed by atoms with Crippen molar-refractivity contribution in [3.8, 4) is 0 Å². The van der Waals surface area contributed by atoms with Crippen molar-refractivity contribution in [2.75, 3.05) is 9.51 Å². The number of thioether (sulfide) groups is 2. The molecule has 1 aromatic heterocycles. The van der Waals surface area contributed by atoms with E-state index in [9.17, 15) is 0 Å². The second kappa shape index (κ2) is 5.60. The van der Waals surface area contributed by atoms with Gasteiger partial charge in [-0.25, -0.2) is 0 Å². The monoisotopic (exact) mass is 318 g/mol. The Kier molecular flexibility index (Phi) is 5.13. The van der Waals surface area contributed by atoms with E-state index < -0.39 is 0 Å². The highest BCUT2D eigenvalue weighted by atomic mass is 127. The molecule has 0 aliphatic heterocycles. The lowest BCUT2D eigenvalue weighted by molar-refractivity contribution is 0.956. The van der Waals surface area contributed by atoms with E-state index in [2.05, 4.69) is 39.7 Å². The van der Waals surface area contributed by atoms with Gasteiger partial charge in [0.2, 0.25) is 0 Å². The largest absolute Gasteiger partial charge is 0.175 e. The summed E-state index contributed by atoms with van der Waals surface area (Å²) in [6.45, 7) is 2.12. The van der Waals surface area contributed by atoms with Crippen molar-refractivity contribution in [3.63, 3.8) is 0 Å². The Labute approximate surface area is 92.1 Å². The summed E-state index contributed by atoms with van der Waals surface area (Å²) < 4.78 is 3.21. The Morgan fingerprint density at radius 2 is 2.00 bits per heavy atom. The maximum Gasteiger partial charge on any atom is 0.175 e. The van der Waals surface area contributed by atoms with Gasteiger partial charge in [0, 0.05) is 0 Å². The maximum atomic E-state index is 4.03. The van der Waals surface area contributed by atoms with Gasteiger partial charge in [-0.15, -0.1) is 10.2 Å². The van der Waals surface area contributed by atoms with Gasteiger partial charge < -0.3 is 0 Å². The van der Waals surface area contributed by atoms with E-state index in [4.69, 9.17) is 0 Å². The van der Waals surface area contributed by atoms with E-state index in [1.807, 2.05) is 0 Å². The number of rotatable bonds is 4. The van der Waals surface area contributed by atoms with Gasteiger partial charge in [0.1, 0.15) is 0 Å². The molecule has 6 heteroatoms. The summed E-state index contributed by atoms with van der Waals surface area (Å²) in [5.41, 5.74) is 0. The molecule has 0 N–H and O–H groups in total. The third kappa shape index (κ3) is 3.47. The van der Waals surface area contributed by atoms with E-state index >= 15 is 0 Å². The Hall–Kier alpha value is 0.990. The molecule has 1 heterocycles. The number of hydrogen-bond donors (Lipinski definition) is 0. The van der Waals surface area contributed by atoms with Crippen molar-refractivity contribution < 1.29 is 0 Å². The van der Waals surface area contributed by atoms with E-state index in [0.717, 1.165) is 18.2 Å². The Morgan fingerprint density at radius 1 is 1.36 bits per heavy atom. The molecule has 0 unspecified atom stereocenters. The van der Waals surface area contributed by atoms with Crippen LogP contribution in [0, 0.1) is 0 Å². The summed E-state index contributed by atoms with van der Waals surface area (Å²) >= 11 is 7.49. The van der Waals surface area contributed by atoms with Crippen LogP contribution in [-0.4, -0.2) is 19.7 Å². The molecule has 0 saturated heterocycles. The minimum Gasteiger partial charge on any atom is -0.131 e. The second-order valence-corrected chi connectivity index (χ2v) is 7.03. The fourth-order valence-electron chi connectivity index (χ4n) is 0.484. The van der Waals surface area contributed by atoms with Gasteiger partial charge in [-0.05, 0) is 5.75 Å². The van der Waals surface area contributed by atoms with Crippen LogP contribution in [0.15, 0.2) is 8.68 Å². The van der Waals surface area contributed by atoms with Gasteiger partial charge in [-0.1, -0.05) is 64.4 Å². The average molecular weight is 318 g/mol. The normalized spacial score (nSPS) is 10.4. The molecule has 1 rings (SSSR count). The lowest BCUT2D eigenvalue weighted by Crippen LogP contribution is -1.71. The van der Waals surface area contributed by atoms with E-state index in [-0.39, 0.29) is 0 Å². The zero-order valence-corrected chi connectivity index (χ0v) is 10.5. The van der Waals surface area contributed by atoms with Crippen molar-refractivity contribution in [3.05, 3.63) is 0 Å². The van der Waals surface area contributed by atoms with Gasteiger partial charge in [-0.2, -0.15) is 0 Å². The third-order valence-corrected chi connectivity index (χ3v) is 4.54. The SMILES string of the molecule is CCSc1nnc(SCI)s1. The predicted octanol–water partition coefficient (Wildman–Crippen LogP) is 3.13. The number of alkyl halides is 1. The first-order valence-electron chi connectivity index (χ1n) is 3.02. The molecule has 0 atom stereocenters. The fraction of sp³-hybridized carbons (Fsp3) is 0.600. The summed E-state index contributed by atoms with van der Waals surface area (Å²) in [5, 5.41) is 8.06. The second-order valence-electron chi connectivity index (χ2n) is 1.52. The van der Waals surface area contributed by atoms with Crippen LogP contribution in [0.1, 0.15) is 6.92 Å². The van der Waals surface area contributed by atoms with Crippen molar-refractivity contribution in [1.29, 1.82) is 0 Å². The molecule has 0 aromatic carbocycles. The molecule has 0 radical (unpaired) electrons. The molecule has 0 bridgehead atoms. The quantitative estimate of drug-likeness (QED) is 0.484. The summed E-state index contributed by atoms with van der Waals surface area (Å²) in [7, 11) is 0. The molecule has 0 aliphatic rings. The molecule has 2 nitrogen and oxygen atoms in total. The molecule has 0 aliphatic carbocycles. The highest BCUT2D eigenvalue weighted by Crippen LogP contribution is 2.29. The lowest BCUT2D eigenvalue weighted by Gasteiger charge is -1.85. The van der Waals surface area contributed by atoms with E-state index in [1.54, 1.807) is 34.9 Å². The highest BCUT2D eigenvalue weighted by Gasteiger charge is 2.02. The summed E-state index contributed by atoms with van der Waals surface area (Å²) in [6.07, 6.45) is 0. The molecule has 0 amide bonds. The van der Waals surface area contributed by atoms with Crippen LogP contribution in [-0.2, 0) is 0 Å². The smallest absolute Gasteiger partial charge is 0.131 e. The van der Waals surface area contributed by atoms with E-state index in [0.29, 0.717) is 0 Å². The minimum absolute atomic E-state index is 1.04. The first-order chi connectivity index (χ1) is 5.36. The van der Waals surface area contributed by atoms with Gasteiger partial charge in [0.05, 0.1) is 3.76 Å². The van der Waals surface area contributed by atoms with E-state index in [1.165, 1.54) is 0 Å². The molecule has 62 valence electrons. The third-order valence-electron chi connectivity index (χ3n) is 0.834. The van der Waals surface area contributed by atoms with Gasteiger partial charge in [0.25, 0.3) is 0 Å². The van der Waals surface area contributed by atoms with Crippen molar-refractivity contribution in [2.24, 2.45) is 0 Å². The zero-order valence-electron chi connectivity index (χ0n) is 5.91. The molecule has 1 aromatic rings. The van der Waals surface area contributed by atoms with Crippen molar-refractivity contribution >= 4 is 57.5 Å². The molecule has 0 fully saturated rings. The topological polar surface area (TPSA) is 25.8 Å². The standard InChI is InChI=1S/C5H7IN2S3/c1-2-9-4-7-8-5(11-4)10-3-6/h2-3H2,1H3. The van der Waals surface area contributed by atoms with Crippen LogP contribution >= 0.6 is 57.5 Å². The summed E-state index contributed by atoms with van der Waals surface area (Å²) in [4.78, 5) is 0. The molecule has 0 saturated carbocycles. The number of aromatic nitrogens is 2. The maximum absolute atomic E-state index is 4.03. The highest BCUT2D eigenvalue weighted by molar-refractivity contribution is 14.1. The van der Waals surface area contributed by atoms with Crippen molar-refractivity contribution in [2.45, 2.75) is 15.6 Å². The van der Waals surface area contributed by atoms with Crippen LogP contribution in [0.2, 0.25) is 0 Å². The molecular weight excluding hydrogens is 311 g/mol. The Morgan fingerprint density at radius 3 is 2.55 bits per heavy atom. The van der Waals surface area contributed by atoms with Gasteiger partial charge >= 0.3 is 0 Å². The average Bonchev–Trinajstić information content (AvgIpc) is 2.38. The van der Waals surface area contributed by atoms with Crippen LogP contribution in [0.3, 0.4) is 0 Å². The number of hydrogen-bond acceptors (Lipinski definition) is 5. The minimum atomic E-state index is 1.04. The Balaban J connectivity index is 2.51. The molecule has 0 spiro atoms. The number of halogens is 1. The lowest BCUT2D eigenvalue weighted by atomic mass is 11.0. The van der Waals surface area contributed by atoms with Crippen molar-refractivity contribution in [1.82, 2.24) is 10.2 Å². The van der Waals surface area contributed by atoms with Crippen LogP contribution < -0.4 is 0 Å². The summed E-state index contributed by atoms with van der Waals surface area (Å²) in [6, 6.07) is 0. The van der Waals surface area contributed by atoms with Crippen LogP contribution in [0.5, 0.6) is 0 Å². The van der Waals surface area contributed by atoms with Crippen LogP contribution in [0.25, 0.3) is 0 Å². The van der Waals surface area contributed by atoms with Crippen LogP contribution in [0.4, 0.5) is 0 Å². The van der Waals surface area contributed by atoms with Gasteiger partial charge in [-0.3, -0.25) is 0 Å². The fourth-order valence-corrected chi connectivity index (χ4v) is 4.49. The first-order valence-corrected chi connectivity index (χ1v) is 7.33.